The highest BCUT2D eigenvalue weighted by Gasteiger charge is 2.26. The van der Waals surface area contributed by atoms with E-state index in [4.69, 9.17) is 21.1 Å². The number of hydrogen-bond acceptors (Lipinski definition) is 7. The largest absolute Gasteiger partial charge is 0.444 e. The summed E-state index contributed by atoms with van der Waals surface area (Å²) in [4.78, 5) is 37.3. The quantitative estimate of drug-likeness (QED) is 0.778. The number of nitrogens with one attached hydrogen (secondary N) is 2. The summed E-state index contributed by atoms with van der Waals surface area (Å²) in [5.74, 6) is 0.791. The van der Waals surface area contributed by atoms with E-state index in [9.17, 15) is 9.59 Å². The van der Waals surface area contributed by atoms with E-state index in [0.717, 1.165) is 5.56 Å². The predicted octanol–water partition coefficient (Wildman–Crippen LogP) is 2.22. The first-order valence-corrected chi connectivity index (χ1v) is 9.64. The van der Waals surface area contributed by atoms with Gasteiger partial charge in [-0.25, -0.2) is 9.78 Å². The van der Waals surface area contributed by atoms with E-state index in [1.54, 1.807) is 45.3 Å². The third kappa shape index (κ3) is 5.68. The van der Waals surface area contributed by atoms with E-state index in [1.807, 2.05) is 4.90 Å². The summed E-state index contributed by atoms with van der Waals surface area (Å²) in [6, 6.07) is 3.51. The van der Waals surface area contributed by atoms with Crippen LogP contribution in [0.15, 0.2) is 29.3 Å². The summed E-state index contributed by atoms with van der Waals surface area (Å²) >= 11 is 6.24. The molecule has 1 unspecified atom stereocenters. The van der Waals surface area contributed by atoms with E-state index < -0.39 is 17.3 Å². The van der Waals surface area contributed by atoms with E-state index in [-0.39, 0.29) is 17.7 Å². The summed E-state index contributed by atoms with van der Waals surface area (Å²) in [5, 5.41) is 2.72. The van der Waals surface area contributed by atoms with Crippen molar-refractivity contribution < 1.29 is 14.3 Å². The second-order valence-electron chi connectivity index (χ2n) is 7.61. The summed E-state index contributed by atoms with van der Waals surface area (Å²) in [7, 11) is 0. The van der Waals surface area contributed by atoms with Crippen LogP contribution in [0, 0.1) is 0 Å². The van der Waals surface area contributed by atoms with Crippen molar-refractivity contribution in [3.63, 3.8) is 0 Å². The van der Waals surface area contributed by atoms with Crippen molar-refractivity contribution in [2.75, 3.05) is 31.1 Å². The molecule has 10 heteroatoms. The van der Waals surface area contributed by atoms with Gasteiger partial charge in [0.05, 0.1) is 12.7 Å². The zero-order valence-corrected chi connectivity index (χ0v) is 17.3. The number of pyridine rings is 1. The van der Waals surface area contributed by atoms with Crippen molar-refractivity contribution >= 4 is 23.5 Å². The first kappa shape index (κ1) is 21.1. The molecule has 0 saturated carbocycles. The van der Waals surface area contributed by atoms with Gasteiger partial charge in [-0.1, -0.05) is 11.6 Å². The smallest absolute Gasteiger partial charge is 0.407 e. The van der Waals surface area contributed by atoms with Crippen LogP contribution < -0.4 is 15.8 Å². The minimum absolute atomic E-state index is 0.0172. The normalized spacial score (nSPS) is 17.1. The maximum absolute atomic E-state index is 12.3. The average molecular weight is 422 g/mol. The lowest BCUT2D eigenvalue weighted by Crippen LogP contribution is -2.48. The number of carbonyl (C=O) groups is 1. The number of alkyl carbamates (subject to hydrolysis) is 1. The summed E-state index contributed by atoms with van der Waals surface area (Å²) in [6.45, 7) is 7.02. The third-order valence-corrected chi connectivity index (χ3v) is 4.45. The molecule has 3 rings (SSSR count). The number of carbonyl (C=O) groups excluding carboxylic acids is 1. The molecule has 1 atom stereocenters. The number of rotatable bonds is 4. The van der Waals surface area contributed by atoms with E-state index in [0.29, 0.717) is 31.3 Å². The van der Waals surface area contributed by atoms with Gasteiger partial charge >= 0.3 is 6.09 Å². The summed E-state index contributed by atoms with van der Waals surface area (Å²) in [5.41, 5.74) is -0.264. The molecular weight excluding hydrogens is 398 g/mol. The average Bonchev–Trinajstić information content (AvgIpc) is 2.68. The van der Waals surface area contributed by atoms with Gasteiger partial charge in [-0.3, -0.25) is 9.78 Å². The number of hydrogen-bond donors (Lipinski definition) is 2. The monoisotopic (exact) mass is 421 g/mol. The van der Waals surface area contributed by atoms with Crippen LogP contribution in [0.25, 0.3) is 11.4 Å². The second-order valence-corrected chi connectivity index (χ2v) is 7.99. The van der Waals surface area contributed by atoms with Crippen molar-refractivity contribution in [2.24, 2.45) is 0 Å². The van der Waals surface area contributed by atoms with Gasteiger partial charge in [0.25, 0.3) is 5.56 Å². The molecule has 156 valence electrons. The fraction of sp³-hybridized carbons (Fsp3) is 0.474. The number of amides is 1. The maximum Gasteiger partial charge on any atom is 0.407 e. The molecule has 1 aliphatic rings. The van der Waals surface area contributed by atoms with Crippen molar-refractivity contribution in [2.45, 2.75) is 32.5 Å². The topological polar surface area (TPSA) is 109 Å². The molecule has 29 heavy (non-hydrogen) atoms. The van der Waals surface area contributed by atoms with Crippen LogP contribution in [-0.4, -0.2) is 59.0 Å². The number of halogens is 1. The van der Waals surface area contributed by atoms with Crippen molar-refractivity contribution in [3.05, 3.63) is 39.9 Å². The molecule has 0 radical (unpaired) electrons. The molecule has 2 N–H and O–H groups in total. The first-order chi connectivity index (χ1) is 13.7. The Morgan fingerprint density at radius 3 is 2.83 bits per heavy atom. The Morgan fingerprint density at radius 2 is 2.14 bits per heavy atom. The fourth-order valence-electron chi connectivity index (χ4n) is 2.85. The van der Waals surface area contributed by atoms with Crippen LogP contribution >= 0.6 is 11.6 Å². The van der Waals surface area contributed by atoms with E-state index in [2.05, 4.69) is 20.3 Å². The van der Waals surface area contributed by atoms with Gasteiger partial charge in [-0.2, -0.15) is 0 Å². The van der Waals surface area contributed by atoms with Crippen molar-refractivity contribution in [1.82, 2.24) is 20.3 Å². The van der Waals surface area contributed by atoms with Crippen molar-refractivity contribution in [1.29, 1.82) is 0 Å². The molecule has 3 heterocycles. The summed E-state index contributed by atoms with van der Waals surface area (Å²) < 4.78 is 11.0. The standard InChI is InChI=1S/C19H24ClN5O4/c1-19(2,3)29-18(27)22-10-13-11-25(8-9-28-13)16-14(20)17(26)24-15(23-16)12-4-6-21-7-5-12/h4-7,13H,8-11H2,1-3H3,(H,22,27)(H,23,24,26). The van der Waals surface area contributed by atoms with Gasteiger partial charge in [-0.15, -0.1) is 0 Å². The minimum Gasteiger partial charge on any atom is -0.444 e. The number of ether oxygens (including phenoxy) is 2. The number of anilines is 1. The Labute approximate surface area is 173 Å². The molecule has 1 fully saturated rings. The number of aromatic amines is 1. The van der Waals surface area contributed by atoms with Gasteiger partial charge in [0.2, 0.25) is 0 Å². The molecule has 1 saturated heterocycles. The Balaban J connectivity index is 1.72. The number of aromatic nitrogens is 3. The Morgan fingerprint density at radius 1 is 1.41 bits per heavy atom. The van der Waals surface area contributed by atoms with Crippen LogP contribution in [0.3, 0.4) is 0 Å². The minimum atomic E-state index is -0.574. The second kappa shape index (κ2) is 8.79. The highest BCUT2D eigenvalue weighted by molar-refractivity contribution is 6.32. The Bertz CT molecular complexity index is 913. The molecule has 0 spiro atoms. The number of nitrogens with zero attached hydrogens (tertiary/aromatic N) is 3. The lowest BCUT2D eigenvalue weighted by molar-refractivity contribution is 0.0281. The lowest BCUT2D eigenvalue weighted by Gasteiger charge is -2.34. The Kier molecular flexibility index (Phi) is 6.39. The Hall–Kier alpha value is -2.65. The van der Waals surface area contributed by atoms with Crippen LogP contribution in [0.1, 0.15) is 20.8 Å². The molecule has 9 nitrogen and oxygen atoms in total. The highest BCUT2D eigenvalue weighted by atomic mass is 35.5. The van der Waals surface area contributed by atoms with E-state index in [1.165, 1.54) is 0 Å². The van der Waals surface area contributed by atoms with Gasteiger partial charge in [-0.05, 0) is 32.9 Å². The van der Waals surface area contributed by atoms with Crippen LogP contribution in [0.2, 0.25) is 5.02 Å². The van der Waals surface area contributed by atoms with Gasteiger partial charge < -0.3 is 24.7 Å². The predicted molar refractivity (Wildman–Crippen MR) is 109 cm³/mol. The molecule has 1 amide bonds. The molecule has 2 aromatic heterocycles. The van der Waals surface area contributed by atoms with Gasteiger partial charge in [0.1, 0.15) is 16.4 Å². The van der Waals surface area contributed by atoms with Crippen molar-refractivity contribution in [3.8, 4) is 11.4 Å². The van der Waals surface area contributed by atoms with Crippen LogP contribution in [0.5, 0.6) is 0 Å². The molecule has 0 bridgehead atoms. The molecule has 0 aromatic carbocycles. The SMILES string of the molecule is CC(C)(C)OC(=O)NCC1CN(c2nc(-c3ccncc3)[nH]c(=O)c2Cl)CCO1. The number of H-pyrrole nitrogens is 1. The maximum atomic E-state index is 12.3. The van der Waals surface area contributed by atoms with Gasteiger partial charge in [0.15, 0.2) is 5.82 Å². The molecule has 0 aliphatic carbocycles. The zero-order chi connectivity index (χ0) is 21.0. The fourth-order valence-corrected chi connectivity index (χ4v) is 3.06. The third-order valence-electron chi connectivity index (χ3n) is 4.11. The van der Waals surface area contributed by atoms with E-state index >= 15 is 0 Å². The summed E-state index contributed by atoms with van der Waals surface area (Å²) in [6.07, 6.45) is 2.44. The zero-order valence-electron chi connectivity index (χ0n) is 16.6. The van der Waals surface area contributed by atoms with Crippen LogP contribution in [-0.2, 0) is 9.47 Å². The number of morpholine rings is 1. The van der Waals surface area contributed by atoms with Crippen LogP contribution in [0.4, 0.5) is 10.6 Å². The van der Waals surface area contributed by atoms with Gasteiger partial charge in [0, 0.05) is 37.6 Å². The highest BCUT2D eigenvalue weighted by Crippen LogP contribution is 2.24. The molecule has 2 aromatic rings. The first-order valence-electron chi connectivity index (χ1n) is 9.26. The molecular formula is C19H24ClN5O4. The lowest BCUT2D eigenvalue weighted by atomic mass is 10.2. The molecule has 1 aliphatic heterocycles.